The molecule has 43 heteroatoms. The van der Waals surface area contributed by atoms with Gasteiger partial charge in [0.1, 0.15) is 81.8 Å². The molecule has 4 aromatic carbocycles. The van der Waals surface area contributed by atoms with Crippen LogP contribution in [0.5, 0.6) is 0 Å². The molecule has 8 aliphatic heterocycles. The van der Waals surface area contributed by atoms with E-state index in [1.54, 1.807) is 18.2 Å². The topological polar surface area (TPSA) is 295 Å². The third-order valence-electron chi connectivity index (χ3n) is 21.2. The molecule has 4 saturated heterocycles. The first kappa shape index (κ1) is 97.7. The molecule has 131 heavy (non-hydrogen) atoms. The highest BCUT2D eigenvalue weighted by molar-refractivity contribution is 9.10. The standard InChI is InChI=1S/C22H20BrF3N4O3.C22H21Cl2FN4O3.C22H20ClF3N4O3.C22H20ClF3N4O2S/c1-32-22(31)18-17(11-30-4-6-33-7-5-30)28-21(20-16(26)9-13(25)10-27-20)29-19(18)14-3-2-12(24)8-15(14)23;1-31-22(30)18-17(12-29-7-9-32-10-8-29)27-21(20-16(25)3-2-6-26-20)28-19(18)14-5-4-13(23)11-15(14)24;2*1-32-22(31)18-17(11-30-4-6-33-7-5-30)28-21(20-16(26)9-13(25)10-27-20)29-19(18)14-3-2-12(24)8-15(14)23/h2-3,8-10,19H,4-7,11H2,1H3,(H,28,29);2-6,11,19H,7-10,12H2,1H3,(H,27,28);2*2-3,8-10,19H,4-7,11H2,1H3,(H,28,29)/t;;2*19-/m..00/s1. The van der Waals surface area contributed by atoms with Crippen LogP contribution in [0.15, 0.2) is 197 Å². The lowest BCUT2D eigenvalue weighted by molar-refractivity contribution is -0.137. The van der Waals surface area contributed by atoms with Crippen LogP contribution < -0.4 is 21.3 Å². The molecule has 0 bridgehead atoms. The number of pyridine rings is 4. The first-order valence-corrected chi connectivity index (χ1v) is 43.7. The van der Waals surface area contributed by atoms with E-state index in [2.05, 4.69) is 91.8 Å². The van der Waals surface area contributed by atoms with Gasteiger partial charge >= 0.3 is 23.9 Å². The van der Waals surface area contributed by atoms with Gasteiger partial charge in [0.15, 0.2) is 46.6 Å². The molecule has 4 fully saturated rings. The van der Waals surface area contributed by atoms with Crippen LogP contribution in [0.2, 0.25) is 20.1 Å². The number of benzene rings is 4. The van der Waals surface area contributed by atoms with Crippen LogP contribution in [0.3, 0.4) is 0 Å². The molecule has 0 saturated carbocycles. The molecule has 16 rings (SSSR count). The molecule has 4 aromatic heterocycles. The van der Waals surface area contributed by atoms with Gasteiger partial charge < -0.3 is 54.4 Å². The zero-order chi connectivity index (χ0) is 93.3. The van der Waals surface area contributed by atoms with Crippen molar-refractivity contribution >= 4 is 121 Å². The number of aliphatic imine (C=N–C) groups is 4. The second-order valence-electron chi connectivity index (χ2n) is 29.6. The monoisotopic (exact) mass is 1980 g/mol. The zero-order valence-electron chi connectivity index (χ0n) is 70.0. The van der Waals surface area contributed by atoms with Crippen molar-refractivity contribution in [1.29, 1.82) is 0 Å². The summed E-state index contributed by atoms with van der Waals surface area (Å²) in [7, 11) is 5.03. The predicted molar refractivity (Wildman–Crippen MR) is 471 cm³/mol. The smallest absolute Gasteiger partial charge is 0.338 e. The molecule has 27 nitrogen and oxygen atoms in total. The van der Waals surface area contributed by atoms with Crippen molar-refractivity contribution in [2.24, 2.45) is 20.0 Å². The maximum Gasteiger partial charge on any atom is 0.338 e. The van der Waals surface area contributed by atoms with Gasteiger partial charge in [-0.25, -0.2) is 83.0 Å². The van der Waals surface area contributed by atoms with Crippen LogP contribution in [-0.2, 0) is 52.3 Å². The molecule has 12 heterocycles. The van der Waals surface area contributed by atoms with Gasteiger partial charge in [0.05, 0.1) is 109 Å². The maximum atomic E-state index is 14.6. The number of ether oxygens (including phenoxy) is 7. The number of nitrogens with zero attached hydrogens (tertiary/aromatic N) is 12. The summed E-state index contributed by atoms with van der Waals surface area (Å²) < 4.78 is 177. The predicted octanol–water partition coefficient (Wildman–Crippen LogP) is 13.2. The van der Waals surface area contributed by atoms with E-state index >= 15 is 0 Å². The number of methoxy groups -OCH3 is 4. The van der Waals surface area contributed by atoms with Crippen LogP contribution in [0.1, 0.15) is 69.2 Å². The number of thioether (sulfide) groups is 1. The number of aromatic nitrogens is 4. The Labute approximate surface area is 776 Å². The van der Waals surface area contributed by atoms with E-state index in [9.17, 15) is 63.1 Å². The minimum absolute atomic E-state index is 0.00642. The highest BCUT2D eigenvalue weighted by atomic mass is 79.9. The summed E-state index contributed by atoms with van der Waals surface area (Å²) in [5.41, 5.74) is 3.69. The fourth-order valence-electron chi connectivity index (χ4n) is 14.8. The second kappa shape index (κ2) is 45.6. The number of carbonyl (C=O) groups excluding carboxylic acids is 4. The Morgan fingerprint density at radius 3 is 0.985 bits per heavy atom. The summed E-state index contributed by atoms with van der Waals surface area (Å²) in [6, 6.07) is 17.4. The molecule has 690 valence electrons. The van der Waals surface area contributed by atoms with Crippen LogP contribution >= 0.6 is 74.1 Å². The second-order valence-corrected chi connectivity index (χ2v) is 33.3. The average Bonchev–Trinajstić information content (AvgIpc) is 0.781. The molecule has 2 unspecified atom stereocenters. The van der Waals surface area contributed by atoms with Crippen LogP contribution in [0.4, 0.5) is 43.9 Å². The largest absolute Gasteiger partial charge is 0.466 e. The van der Waals surface area contributed by atoms with E-state index in [1.807, 2.05) is 16.7 Å². The highest BCUT2D eigenvalue weighted by Crippen LogP contribution is 2.43. The maximum absolute atomic E-state index is 14.6. The van der Waals surface area contributed by atoms with Crippen molar-refractivity contribution in [2.45, 2.75) is 24.2 Å². The van der Waals surface area contributed by atoms with Gasteiger partial charge in [0.2, 0.25) is 0 Å². The molecule has 0 amide bonds. The summed E-state index contributed by atoms with van der Waals surface area (Å²) in [6.45, 7) is 10.00. The van der Waals surface area contributed by atoms with Gasteiger partial charge in [-0.05, 0) is 66.2 Å². The van der Waals surface area contributed by atoms with E-state index in [4.69, 9.17) is 79.6 Å². The molecule has 4 N–H and O–H groups in total. The highest BCUT2D eigenvalue weighted by Gasteiger charge is 2.41. The Morgan fingerprint density at radius 2 is 0.679 bits per heavy atom. The van der Waals surface area contributed by atoms with Crippen molar-refractivity contribution in [3.63, 3.8) is 0 Å². The molecule has 0 radical (unpaired) electrons. The van der Waals surface area contributed by atoms with Crippen LogP contribution in [0, 0.1) is 58.2 Å². The number of hydrogen-bond acceptors (Lipinski definition) is 28. The fourth-order valence-corrected chi connectivity index (χ4v) is 17.4. The van der Waals surface area contributed by atoms with Crippen molar-refractivity contribution in [3.8, 4) is 0 Å². The lowest BCUT2D eigenvalue weighted by Gasteiger charge is -2.32. The Bertz CT molecular complexity index is 5490. The third-order valence-corrected chi connectivity index (χ3v) is 24.0. The third kappa shape index (κ3) is 24.4. The summed E-state index contributed by atoms with van der Waals surface area (Å²) >= 11 is 30.3. The van der Waals surface area contributed by atoms with Gasteiger partial charge in [-0.2, -0.15) is 11.8 Å². The molecular weight excluding hydrogens is 1900 g/mol. The van der Waals surface area contributed by atoms with E-state index in [1.165, 1.54) is 89.2 Å². The minimum Gasteiger partial charge on any atom is -0.466 e. The first-order chi connectivity index (χ1) is 63.1. The van der Waals surface area contributed by atoms with E-state index < -0.39 is 106 Å². The van der Waals surface area contributed by atoms with Gasteiger partial charge in [0.25, 0.3) is 0 Å². The number of hydrogen-bond donors (Lipinski definition) is 4. The summed E-state index contributed by atoms with van der Waals surface area (Å²) in [6.07, 6.45) is 4.11. The number of rotatable bonds is 20. The Morgan fingerprint density at radius 1 is 0.382 bits per heavy atom. The van der Waals surface area contributed by atoms with Gasteiger partial charge in [-0.1, -0.05) is 86.6 Å². The van der Waals surface area contributed by atoms with Crippen molar-refractivity contribution in [3.05, 3.63) is 301 Å². The first-order valence-electron chi connectivity index (χ1n) is 40.3. The van der Waals surface area contributed by atoms with Crippen LogP contribution in [-0.4, -0.2) is 245 Å². The summed E-state index contributed by atoms with van der Waals surface area (Å²) in [5, 5.41) is 13.0. The van der Waals surface area contributed by atoms with E-state index in [-0.39, 0.29) is 79.4 Å². The number of nitrogens with one attached hydrogen (secondary N) is 4. The average molecular weight is 1980 g/mol. The van der Waals surface area contributed by atoms with Crippen molar-refractivity contribution in [2.75, 3.05) is 158 Å². The number of amidine groups is 4. The van der Waals surface area contributed by atoms with Crippen molar-refractivity contribution < 1.29 is 96.2 Å². The Kier molecular flexibility index (Phi) is 34.0. The van der Waals surface area contributed by atoms with Gasteiger partial charge in [0, 0.05) is 178 Å². The van der Waals surface area contributed by atoms with E-state index in [0.717, 1.165) is 55.3 Å². The lowest BCUT2D eigenvalue weighted by atomic mass is 9.94. The lowest BCUT2D eigenvalue weighted by Crippen LogP contribution is -2.43. The fraction of sp³-hybridized carbons (Fsp3) is 0.318. The molecule has 0 aliphatic carbocycles. The van der Waals surface area contributed by atoms with Crippen molar-refractivity contribution in [1.82, 2.24) is 60.8 Å². The molecule has 8 aromatic rings. The molecular formula is C88H81BrCl4F10N16O11S. The van der Waals surface area contributed by atoms with Gasteiger partial charge in [-0.15, -0.1) is 0 Å². The summed E-state index contributed by atoms with van der Waals surface area (Å²) in [5.74, 6) is -7.83. The SMILES string of the molecule is COC(=O)C1=C(CN2CCOCC2)NC(c2ncc(F)cc2F)=NC1c1ccc(F)cc1Br.COC(=O)C1=C(CN2CCOCC2)NC(c2ncc(F)cc2F)=N[C@H]1c1ccc(F)cc1Cl.COC(=O)C1=C(CN2CCOCC2)NC(c2ncccc2F)=NC1c1ccc(Cl)cc1Cl.COC(=O)C1=C(CN2CCSCC2)NC(c2ncc(F)cc2F)=N[C@H]1c1ccc(F)cc1Cl. The van der Waals surface area contributed by atoms with E-state index in [0.29, 0.717) is 182 Å². The molecule has 8 aliphatic rings. The van der Waals surface area contributed by atoms with Crippen LogP contribution in [0.25, 0.3) is 0 Å². The minimum atomic E-state index is -1.04. The summed E-state index contributed by atoms with van der Waals surface area (Å²) in [4.78, 5) is 93.6. The molecule has 0 spiro atoms. The number of carbonyl (C=O) groups is 4. The Hall–Kier alpha value is -10.8. The number of morpholine rings is 3. The number of esters is 4. The zero-order valence-corrected chi connectivity index (χ0v) is 75.4. The van der Waals surface area contributed by atoms with Gasteiger partial charge in [-0.3, -0.25) is 39.6 Å². The number of halogens is 15. The quantitative estimate of drug-likeness (QED) is 0.0313. The Balaban J connectivity index is 0.000000149. The molecule has 4 atom stereocenters. The normalized spacial score (nSPS) is 19.2.